The number of aliphatic hydroxyl groups excluding tert-OH is 1. The first-order chi connectivity index (χ1) is 9.58. The summed E-state index contributed by atoms with van der Waals surface area (Å²) in [5, 5.41) is 10.4. The number of rotatable bonds is 5. The summed E-state index contributed by atoms with van der Waals surface area (Å²) in [6.07, 6.45) is 0.233. The molecule has 0 fully saturated rings. The van der Waals surface area contributed by atoms with Gasteiger partial charge in [-0.25, -0.2) is 0 Å². The Hall–Kier alpha value is -0.910. The Kier molecular flexibility index (Phi) is 5.18. The molecule has 2 aromatic carbocycles. The van der Waals surface area contributed by atoms with E-state index in [1.165, 1.54) is 9.13 Å². The molecule has 0 amide bonds. The lowest BCUT2D eigenvalue weighted by molar-refractivity contribution is 0.100. The van der Waals surface area contributed by atoms with Crippen molar-refractivity contribution in [3.63, 3.8) is 0 Å². The molecule has 0 spiro atoms. The number of hydrogen-bond donors (Lipinski definition) is 2. The maximum Gasteiger partial charge on any atom is 0.0624 e. The second kappa shape index (κ2) is 6.70. The lowest BCUT2D eigenvalue weighted by Crippen LogP contribution is -2.46. The molecule has 0 aliphatic carbocycles. The van der Waals surface area contributed by atoms with Crippen molar-refractivity contribution >= 4 is 22.6 Å². The van der Waals surface area contributed by atoms with Crippen LogP contribution in [0.4, 0.5) is 0 Å². The Morgan fingerprint density at radius 3 is 2.20 bits per heavy atom. The molecule has 0 radical (unpaired) electrons. The van der Waals surface area contributed by atoms with Gasteiger partial charge in [0.25, 0.3) is 0 Å². The Morgan fingerprint density at radius 1 is 1.10 bits per heavy atom. The Labute approximate surface area is 134 Å². The number of halogens is 1. The number of aliphatic hydroxyl groups is 1. The fourth-order valence-electron chi connectivity index (χ4n) is 2.59. The van der Waals surface area contributed by atoms with Crippen molar-refractivity contribution in [3.8, 4) is 0 Å². The molecule has 0 aliphatic heterocycles. The zero-order valence-electron chi connectivity index (χ0n) is 11.6. The minimum atomic E-state index is -0.505. The minimum absolute atomic E-state index is 0.417. The Bertz CT molecular complexity index is 539. The third kappa shape index (κ3) is 3.22. The molecule has 3 N–H and O–H groups in total. The van der Waals surface area contributed by atoms with E-state index in [0.29, 0.717) is 6.54 Å². The molecule has 0 saturated carbocycles. The van der Waals surface area contributed by atoms with E-state index < -0.39 is 11.5 Å². The van der Waals surface area contributed by atoms with Crippen LogP contribution < -0.4 is 5.73 Å². The predicted octanol–water partition coefficient (Wildman–Crippen LogP) is 3.11. The van der Waals surface area contributed by atoms with Crippen molar-refractivity contribution in [2.45, 2.75) is 24.9 Å². The molecule has 2 aromatic rings. The van der Waals surface area contributed by atoms with Crippen molar-refractivity contribution < 1.29 is 5.11 Å². The molecular formula is C17H20INO. The summed E-state index contributed by atoms with van der Waals surface area (Å²) in [4.78, 5) is 0. The van der Waals surface area contributed by atoms with Crippen molar-refractivity contribution in [1.29, 1.82) is 0 Å². The van der Waals surface area contributed by atoms with Gasteiger partial charge in [0.15, 0.2) is 0 Å². The molecule has 0 saturated heterocycles. The number of nitrogens with two attached hydrogens (primary N) is 1. The van der Waals surface area contributed by atoms with E-state index in [4.69, 9.17) is 5.73 Å². The van der Waals surface area contributed by atoms with Gasteiger partial charge in [0, 0.05) is 15.5 Å². The second-order valence-electron chi connectivity index (χ2n) is 5.21. The van der Waals surface area contributed by atoms with Crippen LogP contribution in [0.3, 0.4) is 0 Å². The highest BCUT2D eigenvalue weighted by Gasteiger charge is 2.36. The highest BCUT2D eigenvalue weighted by Crippen LogP contribution is 2.31. The van der Waals surface area contributed by atoms with Gasteiger partial charge in [-0.2, -0.15) is 0 Å². The summed E-state index contributed by atoms with van der Waals surface area (Å²) >= 11 is 2.29. The topological polar surface area (TPSA) is 46.2 Å². The summed E-state index contributed by atoms with van der Waals surface area (Å²) in [7, 11) is 0. The van der Waals surface area contributed by atoms with Crippen LogP contribution in [-0.4, -0.2) is 17.8 Å². The van der Waals surface area contributed by atoms with E-state index in [1.54, 1.807) is 0 Å². The molecule has 2 atom stereocenters. The van der Waals surface area contributed by atoms with Crippen LogP contribution in [0.25, 0.3) is 0 Å². The van der Waals surface area contributed by atoms with Gasteiger partial charge in [-0.3, -0.25) is 0 Å². The van der Waals surface area contributed by atoms with Crippen LogP contribution in [-0.2, 0) is 11.8 Å². The van der Waals surface area contributed by atoms with Gasteiger partial charge in [0.05, 0.1) is 6.10 Å². The standard InChI is InChI=1S/C17H20INO/c1-13(20)17(12-19,15-5-3-2-4-6-15)11-14-7-9-16(18)10-8-14/h2-10,13,20H,11-12,19H2,1H3. The zero-order valence-corrected chi connectivity index (χ0v) is 13.7. The Morgan fingerprint density at radius 2 is 1.70 bits per heavy atom. The molecule has 2 unspecified atom stereocenters. The fourth-order valence-corrected chi connectivity index (χ4v) is 2.95. The third-order valence-electron chi connectivity index (χ3n) is 3.95. The van der Waals surface area contributed by atoms with E-state index in [1.807, 2.05) is 37.3 Å². The van der Waals surface area contributed by atoms with E-state index in [9.17, 15) is 5.11 Å². The second-order valence-corrected chi connectivity index (χ2v) is 6.45. The van der Waals surface area contributed by atoms with E-state index in [0.717, 1.165) is 12.0 Å². The number of hydrogen-bond acceptors (Lipinski definition) is 2. The smallest absolute Gasteiger partial charge is 0.0624 e. The SMILES string of the molecule is CC(O)C(CN)(Cc1ccc(I)cc1)c1ccccc1. The van der Waals surface area contributed by atoms with Crippen LogP contribution in [0.15, 0.2) is 54.6 Å². The summed E-state index contributed by atoms with van der Waals surface area (Å²) in [6.45, 7) is 2.24. The van der Waals surface area contributed by atoms with Crippen molar-refractivity contribution in [2.24, 2.45) is 5.73 Å². The molecule has 2 nitrogen and oxygen atoms in total. The van der Waals surface area contributed by atoms with Gasteiger partial charge in [-0.05, 0) is 59.2 Å². The first-order valence-electron chi connectivity index (χ1n) is 6.76. The van der Waals surface area contributed by atoms with Crippen LogP contribution in [0, 0.1) is 3.57 Å². The molecule has 0 heterocycles. The lowest BCUT2D eigenvalue weighted by atomic mass is 9.72. The van der Waals surface area contributed by atoms with Crippen molar-refractivity contribution in [1.82, 2.24) is 0 Å². The summed E-state index contributed by atoms with van der Waals surface area (Å²) < 4.78 is 1.21. The van der Waals surface area contributed by atoms with Crippen LogP contribution in [0.5, 0.6) is 0 Å². The maximum atomic E-state index is 10.4. The van der Waals surface area contributed by atoms with Gasteiger partial charge in [0.2, 0.25) is 0 Å². The lowest BCUT2D eigenvalue weighted by Gasteiger charge is -2.36. The molecule has 20 heavy (non-hydrogen) atoms. The third-order valence-corrected chi connectivity index (χ3v) is 4.66. The molecule has 2 rings (SSSR count). The van der Waals surface area contributed by atoms with Gasteiger partial charge >= 0.3 is 0 Å². The average molecular weight is 381 g/mol. The van der Waals surface area contributed by atoms with Crippen LogP contribution in [0.1, 0.15) is 18.1 Å². The molecule has 0 aliphatic rings. The quantitative estimate of drug-likeness (QED) is 0.782. The van der Waals surface area contributed by atoms with Crippen LogP contribution >= 0.6 is 22.6 Å². The first-order valence-corrected chi connectivity index (χ1v) is 7.84. The van der Waals surface area contributed by atoms with Crippen molar-refractivity contribution in [3.05, 3.63) is 69.3 Å². The highest BCUT2D eigenvalue weighted by molar-refractivity contribution is 14.1. The largest absolute Gasteiger partial charge is 0.392 e. The monoisotopic (exact) mass is 381 g/mol. The molecule has 0 bridgehead atoms. The molecule has 3 heteroatoms. The van der Waals surface area contributed by atoms with Gasteiger partial charge in [-0.1, -0.05) is 42.5 Å². The maximum absolute atomic E-state index is 10.4. The summed E-state index contributed by atoms with van der Waals surface area (Å²) in [5.41, 5.74) is 7.91. The molecule has 0 aromatic heterocycles. The summed E-state index contributed by atoms with van der Waals surface area (Å²) in [5.74, 6) is 0. The fraction of sp³-hybridized carbons (Fsp3) is 0.294. The first kappa shape index (κ1) is 15.5. The predicted molar refractivity (Wildman–Crippen MR) is 91.7 cm³/mol. The van der Waals surface area contributed by atoms with Crippen molar-refractivity contribution in [2.75, 3.05) is 6.54 Å². The van der Waals surface area contributed by atoms with Gasteiger partial charge < -0.3 is 10.8 Å². The Balaban J connectivity index is 2.40. The highest BCUT2D eigenvalue weighted by atomic mass is 127. The minimum Gasteiger partial charge on any atom is -0.392 e. The van der Waals surface area contributed by atoms with E-state index in [2.05, 4.69) is 46.9 Å². The van der Waals surface area contributed by atoms with Gasteiger partial charge in [-0.15, -0.1) is 0 Å². The van der Waals surface area contributed by atoms with Gasteiger partial charge in [0.1, 0.15) is 0 Å². The summed E-state index contributed by atoms with van der Waals surface area (Å²) in [6, 6.07) is 18.5. The zero-order chi connectivity index (χ0) is 14.6. The molecular weight excluding hydrogens is 361 g/mol. The molecule has 106 valence electrons. The number of benzene rings is 2. The average Bonchev–Trinajstić information content (AvgIpc) is 2.47. The van der Waals surface area contributed by atoms with Crippen LogP contribution in [0.2, 0.25) is 0 Å². The normalized spacial score (nSPS) is 15.6. The van der Waals surface area contributed by atoms with E-state index >= 15 is 0 Å². The van der Waals surface area contributed by atoms with E-state index in [-0.39, 0.29) is 0 Å².